The molecule has 3 aromatic rings. The van der Waals surface area contributed by atoms with E-state index in [0.29, 0.717) is 17.7 Å². The minimum atomic E-state index is 0.000768. The van der Waals surface area contributed by atoms with Crippen molar-refractivity contribution in [2.75, 3.05) is 0 Å². The minimum Gasteiger partial charge on any atom is -0.323 e. The van der Waals surface area contributed by atoms with Crippen LogP contribution < -0.4 is 5.56 Å². The molecule has 104 valence electrons. The highest BCUT2D eigenvalue weighted by Crippen LogP contribution is 2.25. The summed E-state index contributed by atoms with van der Waals surface area (Å²) in [6, 6.07) is 0. The van der Waals surface area contributed by atoms with Crippen LogP contribution in [0.4, 0.5) is 0 Å². The molecule has 0 unspecified atom stereocenters. The fraction of sp³-hybridized carbons (Fsp3) is 0.308. The molecule has 0 aliphatic carbocycles. The lowest BCUT2D eigenvalue weighted by Crippen LogP contribution is -2.23. The first kappa shape index (κ1) is 13.7. The SMILES string of the molecule is Cc1sc2[nH]c(=S)n(CCc3cscn3)c(=O)c2c1C. The molecule has 0 bridgehead atoms. The summed E-state index contributed by atoms with van der Waals surface area (Å²) in [5, 5.41) is 2.76. The zero-order valence-electron chi connectivity index (χ0n) is 11.1. The summed E-state index contributed by atoms with van der Waals surface area (Å²) >= 11 is 8.46. The van der Waals surface area contributed by atoms with Gasteiger partial charge in [-0.2, -0.15) is 0 Å². The summed E-state index contributed by atoms with van der Waals surface area (Å²) in [7, 11) is 0. The number of thiophene rings is 1. The Hall–Kier alpha value is -1.31. The minimum absolute atomic E-state index is 0.000768. The molecule has 0 radical (unpaired) electrons. The van der Waals surface area contributed by atoms with E-state index in [1.165, 1.54) is 0 Å². The van der Waals surface area contributed by atoms with Gasteiger partial charge < -0.3 is 4.98 Å². The van der Waals surface area contributed by atoms with E-state index in [9.17, 15) is 4.79 Å². The Morgan fingerprint density at radius 2 is 2.25 bits per heavy atom. The molecule has 4 nitrogen and oxygen atoms in total. The molecule has 0 amide bonds. The number of nitrogens with one attached hydrogen (secondary N) is 1. The van der Waals surface area contributed by atoms with Crippen LogP contribution in [0.25, 0.3) is 10.2 Å². The van der Waals surface area contributed by atoms with E-state index < -0.39 is 0 Å². The first-order valence-corrected chi connectivity index (χ1v) is 8.34. The third-order valence-electron chi connectivity index (χ3n) is 3.38. The van der Waals surface area contributed by atoms with Crippen molar-refractivity contribution in [1.29, 1.82) is 0 Å². The third-order valence-corrected chi connectivity index (χ3v) is 5.47. The second-order valence-electron chi connectivity index (χ2n) is 4.60. The van der Waals surface area contributed by atoms with Crippen molar-refractivity contribution in [3.63, 3.8) is 0 Å². The first-order chi connectivity index (χ1) is 9.58. The zero-order valence-corrected chi connectivity index (χ0v) is 13.5. The van der Waals surface area contributed by atoms with Gasteiger partial charge in [0.15, 0.2) is 4.77 Å². The lowest BCUT2D eigenvalue weighted by atomic mass is 10.2. The molecule has 3 rings (SSSR count). The fourth-order valence-corrected chi connectivity index (χ4v) is 4.14. The summed E-state index contributed by atoms with van der Waals surface area (Å²) in [6.07, 6.45) is 0.717. The van der Waals surface area contributed by atoms with E-state index >= 15 is 0 Å². The van der Waals surface area contributed by atoms with Crippen LogP contribution in [0.1, 0.15) is 16.1 Å². The van der Waals surface area contributed by atoms with Crippen LogP contribution in [-0.2, 0) is 13.0 Å². The molecule has 7 heteroatoms. The highest BCUT2D eigenvalue weighted by atomic mass is 32.1. The van der Waals surface area contributed by atoms with Gasteiger partial charge in [0.2, 0.25) is 0 Å². The van der Waals surface area contributed by atoms with Crippen molar-refractivity contribution in [2.24, 2.45) is 0 Å². The quantitative estimate of drug-likeness (QED) is 0.751. The molecule has 0 aliphatic heterocycles. The summed E-state index contributed by atoms with van der Waals surface area (Å²) in [6.45, 7) is 4.56. The molecule has 0 atom stereocenters. The molecule has 0 spiro atoms. The maximum absolute atomic E-state index is 12.6. The Morgan fingerprint density at radius 3 is 2.95 bits per heavy atom. The van der Waals surface area contributed by atoms with Crippen molar-refractivity contribution in [2.45, 2.75) is 26.8 Å². The van der Waals surface area contributed by atoms with Crippen LogP contribution in [0, 0.1) is 18.6 Å². The van der Waals surface area contributed by atoms with Gasteiger partial charge in [0.1, 0.15) is 4.83 Å². The van der Waals surface area contributed by atoms with Crippen LogP contribution in [0.3, 0.4) is 0 Å². The van der Waals surface area contributed by atoms with E-state index in [0.717, 1.165) is 26.4 Å². The van der Waals surface area contributed by atoms with E-state index in [2.05, 4.69) is 9.97 Å². The number of fused-ring (bicyclic) bond motifs is 1. The van der Waals surface area contributed by atoms with E-state index in [1.54, 1.807) is 32.8 Å². The Labute approximate surface area is 128 Å². The number of thiazole rings is 1. The second kappa shape index (κ2) is 5.23. The lowest BCUT2D eigenvalue weighted by molar-refractivity contribution is 0.646. The van der Waals surface area contributed by atoms with E-state index in [-0.39, 0.29) is 5.56 Å². The maximum atomic E-state index is 12.6. The Morgan fingerprint density at radius 1 is 1.45 bits per heavy atom. The van der Waals surface area contributed by atoms with Crippen molar-refractivity contribution < 1.29 is 0 Å². The highest BCUT2D eigenvalue weighted by Gasteiger charge is 2.12. The maximum Gasteiger partial charge on any atom is 0.263 e. The standard InChI is InChI=1S/C13H13N3OS3/c1-7-8(2)20-11-10(7)12(17)16(13(18)15-11)4-3-9-5-19-6-14-9/h5-6H,3-4H2,1-2H3,(H,15,18). The second-order valence-corrected chi connectivity index (χ2v) is 6.93. The number of aryl methyl sites for hydroxylation is 3. The zero-order chi connectivity index (χ0) is 14.3. The monoisotopic (exact) mass is 323 g/mol. The van der Waals surface area contributed by atoms with Gasteiger partial charge in [-0.1, -0.05) is 0 Å². The summed E-state index contributed by atoms with van der Waals surface area (Å²) < 4.78 is 2.12. The van der Waals surface area contributed by atoms with Crippen molar-refractivity contribution >= 4 is 45.1 Å². The largest absolute Gasteiger partial charge is 0.323 e. The van der Waals surface area contributed by atoms with Gasteiger partial charge in [0.05, 0.1) is 16.6 Å². The fourth-order valence-electron chi connectivity index (χ4n) is 2.15. The molecule has 3 aromatic heterocycles. The molecule has 0 fully saturated rings. The predicted octanol–water partition coefficient (Wildman–Crippen LogP) is 3.44. The molecule has 3 heterocycles. The van der Waals surface area contributed by atoms with Crippen molar-refractivity contribution in [3.8, 4) is 0 Å². The molecule has 20 heavy (non-hydrogen) atoms. The number of H-pyrrole nitrogens is 1. The average Bonchev–Trinajstić information content (AvgIpc) is 2.99. The van der Waals surface area contributed by atoms with Gasteiger partial charge in [-0.3, -0.25) is 9.36 Å². The normalized spacial score (nSPS) is 11.3. The van der Waals surface area contributed by atoms with Crippen LogP contribution in [0.15, 0.2) is 15.7 Å². The third kappa shape index (κ3) is 2.25. The Kier molecular flexibility index (Phi) is 3.57. The Balaban J connectivity index is 2.09. The molecular formula is C13H13N3OS3. The number of aromatic nitrogens is 3. The number of aromatic amines is 1. The van der Waals surface area contributed by atoms with Crippen LogP contribution >= 0.6 is 34.9 Å². The molecule has 0 saturated carbocycles. The van der Waals surface area contributed by atoms with E-state index in [1.807, 2.05) is 19.2 Å². The summed E-state index contributed by atoms with van der Waals surface area (Å²) in [5.74, 6) is 0. The summed E-state index contributed by atoms with van der Waals surface area (Å²) in [5.41, 5.74) is 3.84. The lowest BCUT2D eigenvalue weighted by Gasteiger charge is -2.05. The molecule has 0 aliphatic rings. The van der Waals surface area contributed by atoms with Gasteiger partial charge in [-0.15, -0.1) is 22.7 Å². The van der Waals surface area contributed by atoms with Crippen molar-refractivity contribution in [1.82, 2.24) is 14.5 Å². The summed E-state index contributed by atoms with van der Waals surface area (Å²) in [4.78, 5) is 22.0. The Bertz CT molecular complexity index is 871. The molecule has 1 N–H and O–H groups in total. The highest BCUT2D eigenvalue weighted by molar-refractivity contribution is 7.71. The number of nitrogens with zero attached hydrogens (tertiary/aromatic N) is 2. The van der Waals surface area contributed by atoms with Crippen LogP contribution in [0.2, 0.25) is 0 Å². The molecule has 0 saturated heterocycles. The first-order valence-electron chi connectivity index (χ1n) is 6.18. The smallest absolute Gasteiger partial charge is 0.263 e. The van der Waals surface area contributed by atoms with Crippen LogP contribution in [0.5, 0.6) is 0 Å². The number of hydrogen-bond donors (Lipinski definition) is 1. The average molecular weight is 323 g/mol. The van der Waals surface area contributed by atoms with Gasteiger partial charge in [-0.05, 0) is 31.6 Å². The van der Waals surface area contributed by atoms with Gasteiger partial charge in [0, 0.05) is 23.2 Å². The number of hydrogen-bond acceptors (Lipinski definition) is 5. The predicted molar refractivity (Wildman–Crippen MR) is 86.6 cm³/mol. The van der Waals surface area contributed by atoms with Gasteiger partial charge in [0.25, 0.3) is 5.56 Å². The van der Waals surface area contributed by atoms with Crippen LogP contribution in [-0.4, -0.2) is 14.5 Å². The van der Waals surface area contributed by atoms with Crippen molar-refractivity contribution in [3.05, 3.63) is 42.1 Å². The topological polar surface area (TPSA) is 50.7 Å². The van der Waals surface area contributed by atoms with Gasteiger partial charge in [-0.25, -0.2) is 4.98 Å². The van der Waals surface area contributed by atoms with E-state index in [4.69, 9.17) is 12.2 Å². The van der Waals surface area contributed by atoms with Gasteiger partial charge >= 0.3 is 0 Å². The molecular weight excluding hydrogens is 310 g/mol. The molecule has 0 aromatic carbocycles. The number of rotatable bonds is 3.